The number of carbonyl (C=O) groups excluding carboxylic acids is 1. The van der Waals surface area contributed by atoms with Crippen LogP contribution in [0.5, 0.6) is 0 Å². The van der Waals surface area contributed by atoms with Crippen molar-refractivity contribution in [2.75, 3.05) is 0 Å². The van der Waals surface area contributed by atoms with E-state index in [0.29, 0.717) is 17.8 Å². The van der Waals surface area contributed by atoms with Gasteiger partial charge in [0.05, 0.1) is 6.20 Å². The molecule has 17 heavy (non-hydrogen) atoms. The first-order valence-electron chi connectivity index (χ1n) is 6.48. The summed E-state index contributed by atoms with van der Waals surface area (Å²) in [5.74, 6) is 0.367. The highest BCUT2D eigenvalue weighted by molar-refractivity contribution is 5.96. The number of aromatic nitrogens is 3. The van der Waals surface area contributed by atoms with Gasteiger partial charge in [0.25, 0.3) is 0 Å². The molecule has 92 valence electrons. The van der Waals surface area contributed by atoms with Crippen LogP contribution < -0.4 is 5.32 Å². The number of hydrogen-bond donors (Lipinski definition) is 1. The number of nitrogens with one attached hydrogen (secondary N) is 1. The lowest BCUT2D eigenvalue weighted by molar-refractivity contribution is 0.0889. The lowest BCUT2D eigenvalue weighted by Gasteiger charge is -2.18. The predicted molar refractivity (Wildman–Crippen MR) is 62.7 cm³/mol. The lowest BCUT2D eigenvalue weighted by Crippen LogP contribution is -2.30. The molecule has 3 unspecified atom stereocenters. The highest BCUT2D eigenvalue weighted by Gasteiger charge is 2.43. The molecule has 2 saturated heterocycles. The van der Waals surface area contributed by atoms with Gasteiger partial charge >= 0.3 is 0 Å². The molecule has 0 saturated carbocycles. The van der Waals surface area contributed by atoms with Crippen LogP contribution in [-0.4, -0.2) is 32.9 Å². The maximum absolute atomic E-state index is 12.5. The van der Waals surface area contributed by atoms with Crippen LogP contribution in [0.3, 0.4) is 0 Å². The molecular formula is C12H18N4O. The summed E-state index contributed by atoms with van der Waals surface area (Å²) in [6, 6.07) is 0.946. The second-order valence-corrected chi connectivity index (χ2v) is 5.10. The molecule has 2 fully saturated rings. The molecule has 3 rings (SSSR count). The number of nitrogens with zero attached hydrogens (tertiary/aromatic N) is 3. The molecule has 1 N–H and O–H groups in total. The molecule has 0 aliphatic carbocycles. The maximum atomic E-state index is 12.5. The van der Waals surface area contributed by atoms with Crippen LogP contribution in [0.2, 0.25) is 0 Å². The highest BCUT2D eigenvalue weighted by Crippen LogP contribution is 2.35. The number of fused-ring (bicyclic) bond motifs is 2. The van der Waals surface area contributed by atoms with Gasteiger partial charge in [0.2, 0.25) is 0 Å². The number of carbonyl (C=O) groups is 1. The average Bonchev–Trinajstić information content (AvgIpc) is 3.03. The van der Waals surface area contributed by atoms with Crippen LogP contribution in [0.15, 0.2) is 6.20 Å². The van der Waals surface area contributed by atoms with Crippen LogP contribution in [0, 0.1) is 5.92 Å². The summed E-state index contributed by atoms with van der Waals surface area (Å²) in [5, 5.41) is 11.4. The van der Waals surface area contributed by atoms with Crippen LogP contribution in [0.1, 0.15) is 43.1 Å². The number of hydrogen-bond acceptors (Lipinski definition) is 4. The van der Waals surface area contributed by atoms with Crippen molar-refractivity contribution in [2.45, 2.75) is 51.2 Å². The van der Waals surface area contributed by atoms with Gasteiger partial charge in [0.1, 0.15) is 5.69 Å². The van der Waals surface area contributed by atoms with E-state index in [1.807, 2.05) is 0 Å². The fourth-order valence-corrected chi connectivity index (χ4v) is 3.13. The fourth-order valence-electron chi connectivity index (χ4n) is 3.13. The molecule has 3 heterocycles. The zero-order valence-corrected chi connectivity index (χ0v) is 10.1. The molecule has 2 aliphatic heterocycles. The van der Waals surface area contributed by atoms with Gasteiger partial charge in [-0.05, 0) is 25.7 Å². The number of aryl methyl sites for hydroxylation is 1. The molecular weight excluding hydrogens is 216 g/mol. The third-order valence-corrected chi connectivity index (χ3v) is 3.94. The molecule has 5 nitrogen and oxygen atoms in total. The Morgan fingerprint density at radius 2 is 2.47 bits per heavy atom. The van der Waals surface area contributed by atoms with Gasteiger partial charge in [-0.2, -0.15) is 0 Å². The van der Waals surface area contributed by atoms with Gasteiger partial charge in [0, 0.05) is 24.5 Å². The van der Waals surface area contributed by atoms with E-state index < -0.39 is 0 Å². The summed E-state index contributed by atoms with van der Waals surface area (Å²) < 4.78 is 1.74. The SMILES string of the molecule is CCCn1nncc1C(=O)C1CC2CCC1N2. The number of Topliss-reactive ketones (excluding diaryl/α,β-unsaturated/α-hetero) is 1. The highest BCUT2D eigenvalue weighted by atomic mass is 16.1. The minimum absolute atomic E-state index is 0.142. The summed E-state index contributed by atoms with van der Waals surface area (Å²) in [4.78, 5) is 12.5. The Bertz CT molecular complexity index is 428. The summed E-state index contributed by atoms with van der Waals surface area (Å²) in [6.45, 7) is 2.85. The number of ketones is 1. The van der Waals surface area contributed by atoms with Crippen LogP contribution in [0.4, 0.5) is 0 Å². The van der Waals surface area contributed by atoms with Gasteiger partial charge in [-0.1, -0.05) is 12.1 Å². The average molecular weight is 234 g/mol. The molecule has 2 aliphatic rings. The quantitative estimate of drug-likeness (QED) is 0.790. The van der Waals surface area contributed by atoms with Crippen molar-refractivity contribution < 1.29 is 4.79 Å². The van der Waals surface area contributed by atoms with Gasteiger partial charge in [-0.3, -0.25) is 4.79 Å². The van der Waals surface area contributed by atoms with E-state index in [4.69, 9.17) is 0 Å². The maximum Gasteiger partial charge on any atom is 0.187 e. The molecule has 3 atom stereocenters. The third-order valence-electron chi connectivity index (χ3n) is 3.94. The second kappa shape index (κ2) is 4.22. The molecule has 2 bridgehead atoms. The molecule has 5 heteroatoms. The lowest BCUT2D eigenvalue weighted by atomic mass is 9.85. The third kappa shape index (κ3) is 1.78. The van der Waals surface area contributed by atoms with Crippen LogP contribution in [0.25, 0.3) is 0 Å². The van der Waals surface area contributed by atoms with E-state index >= 15 is 0 Å². The van der Waals surface area contributed by atoms with E-state index in [1.54, 1.807) is 10.9 Å². The zero-order valence-electron chi connectivity index (χ0n) is 10.1. The second-order valence-electron chi connectivity index (χ2n) is 5.10. The Balaban J connectivity index is 1.79. The smallest absolute Gasteiger partial charge is 0.187 e. The Kier molecular flexibility index (Phi) is 2.70. The van der Waals surface area contributed by atoms with Crippen molar-refractivity contribution in [3.63, 3.8) is 0 Å². The van der Waals surface area contributed by atoms with Crippen LogP contribution in [-0.2, 0) is 6.54 Å². The van der Waals surface area contributed by atoms with Crippen molar-refractivity contribution in [2.24, 2.45) is 5.92 Å². The van der Waals surface area contributed by atoms with Gasteiger partial charge < -0.3 is 5.32 Å². The summed E-state index contributed by atoms with van der Waals surface area (Å²) >= 11 is 0. The zero-order chi connectivity index (χ0) is 11.8. The largest absolute Gasteiger partial charge is 0.310 e. The first kappa shape index (κ1) is 10.9. The summed E-state index contributed by atoms with van der Waals surface area (Å²) in [5.41, 5.74) is 0.686. The van der Waals surface area contributed by atoms with Crippen molar-refractivity contribution in [3.8, 4) is 0 Å². The Morgan fingerprint density at radius 3 is 3.12 bits per heavy atom. The predicted octanol–water partition coefficient (Wildman–Crippen LogP) is 1.01. The molecule has 0 radical (unpaired) electrons. The van der Waals surface area contributed by atoms with E-state index in [-0.39, 0.29) is 11.7 Å². The number of rotatable bonds is 4. The van der Waals surface area contributed by atoms with E-state index in [0.717, 1.165) is 25.8 Å². The van der Waals surface area contributed by atoms with Gasteiger partial charge in [-0.15, -0.1) is 5.10 Å². The topological polar surface area (TPSA) is 59.8 Å². The van der Waals surface area contributed by atoms with Crippen molar-refractivity contribution in [3.05, 3.63) is 11.9 Å². The van der Waals surface area contributed by atoms with E-state index in [2.05, 4.69) is 22.6 Å². The first-order valence-corrected chi connectivity index (χ1v) is 6.48. The molecule has 1 aromatic rings. The monoisotopic (exact) mass is 234 g/mol. The molecule has 1 aromatic heterocycles. The van der Waals surface area contributed by atoms with Crippen molar-refractivity contribution in [1.29, 1.82) is 0 Å². The minimum Gasteiger partial charge on any atom is -0.310 e. The van der Waals surface area contributed by atoms with Gasteiger partial charge in [-0.25, -0.2) is 4.68 Å². The van der Waals surface area contributed by atoms with E-state index in [9.17, 15) is 4.79 Å². The molecule has 0 aromatic carbocycles. The van der Waals surface area contributed by atoms with Crippen molar-refractivity contribution >= 4 is 5.78 Å². The van der Waals surface area contributed by atoms with Crippen LogP contribution >= 0.6 is 0 Å². The summed E-state index contributed by atoms with van der Waals surface area (Å²) in [6.07, 6.45) is 5.93. The Labute approximate surface area is 101 Å². The van der Waals surface area contributed by atoms with E-state index in [1.165, 1.54) is 6.42 Å². The summed E-state index contributed by atoms with van der Waals surface area (Å²) in [7, 11) is 0. The van der Waals surface area contributed by atoms with Crippen molar-refractivity contribution in [1.82, 2.24) is 20.3 Å². The Morgan fingerprint density at radius 1 is 1.59 bits per heavy atom. The Hall–Kier alpha value is -1.23. The first-order chi connectivity index (χ1) is 8.29. The molecule has 0 spiro atoms. The minimum atomic E-state index is 0.142. The normalized spacial score (nSPS) is 31.0. The van der Waals surface area contributed by atoms with Gasteiger partial charge in [0.15, 0.2) is 5.78 Å². The standard InChI is InChI=1S/C12H18N4O/c1-2-5-16-11(7-13-15-16)12(17)9-6-8-3-4-10(9)14-8/h7-10,14H,2-6H2,1H3. The molecule has 0 amide bonds. The fraction of sp³-hybridized carbons (Fsp3) is 0.750.